The van der Waals surface area contributed by atoms with E-state index in [1.807, 2.05) is 20.8 Å². The van der Waals surface area contributed by atoms with Crippen LogP contribution in [0, 0.1) is 5.92 Å². The molecule has 1 fully saturated rings. The fraction of sp³-hybridized carbons (Fsp3) is 0.600. The van der Waals surface area contributed by atoms with Gasteiger partial charge < -0.3 is 0 Å². The third-order valence-corrected chi connectivity index (χ3v) is 5.79. The monoisotopic (exact) mass is 317 g/mol. The van der Waals surface area contributed by atoms with Crippen LogP contribution in [-0.4, -0.2) is 8.96 Å². The van der Waals surface area contributed by atoms with Gasteiger partial charge in [-0.15, -0.1) is 0 Å². The highest BCUT2D eigenvalue weighted by Crippen LogP contribution is 2.62. The third kappa shape index (κ3) is 2.63. The van der Waals surface area contributed by atoms with Crippen molar-refractivity contribution < 1.29 is 17.4 Å². The highest BCUT2D eigenvalue weighted by molar-refractivity contribution is 7.84. The minimum absolute atomic E-state index is 0.0904. The van der Waals surface area contributed by atoms with E-state index in [1.165, 1.54) is 6.07 Å². The summed E-state index contributed by atoms with van der Waals surface area (Å²) in [5, 5.41) is 0. The second kappa shape index (κ2) is 4.56. The molecule has 2 aliphatic carbocycles. The van der Waals surface area contributed by atoms with Crippen molar-refractivity contribution in [2.24, 2.45) is 5.92 Å². The van der Waals surface area contributed by atoms with Crippen molar-refractivity contribution in [1.82, 2.24) is 4.72 Å². The normalized spacial score (nSPS) is 29.0. The van der Waals surface area contributed by atoms with E-state index in [1.54, 1.807) is 6.07 Å². The topological polar surface area (TPSA) is 29.1 Å². The molecule has 1 saturated carbocycles. The molecular formula is C15H18F3NOS. The van der Waals surface area contributed by atoms with E-state index in [-0.39, 0.29) is 22.6 Å². The Kier molecular flexibility index (Phi) is 3.26. The summed E-state index contributed by atoms with van der Waals surface area (Å²) in [6.07, 6.45) is -3.42. The van der Waals surface area contributed by atoms with E-state index < -0.39 is 22.7 Å². The molecule has 0 spiro atoms. The number of alkyl halides is 3. The number of rotatable bonds is 2. The molecule has 3 rings (SSSR count). The van der Waals surface area contributed by atoms with Crippen LogP contribution in [0.4, 0.5) is 13.2 Å². The Morgan fingerprint density at radius 2 is 1.86 bits per heavy atom. The smallest absolute Gasteiger partial charge is 0.242 e. The Bertz CT molecular complexity index is 606. The van der Waals surface area contributed by atoms with Crippen LogP contribution in [0.2, 0.25) is 0 Å². The van der Waals surface area contributed by atoms with Crippen LogP contribution in [0.5, 0.6) is 0 Å². The second-order valence-electron chi connectivity index (χ2n) is 6.82. The van der Waals surface area contributed by atoms with Crippen molar-refractivity contribution >= 4 is 11.0 Å². The lowest BCUT2D eigenvalue weighted by molar-refractivity contribution is -0.137. The molecule has 0 bridgehead atoms. The van der Waals surface area contributed by atoms with Crippen molar-refractivity contribution in [3.63, 3.8) is 0 Å². The summed E-state index contributed by atoms with van der Waals surface area (Å²) >= 11 is 0. The van der Waals surface area contributed by atoms with E-state index in [2.05, 4.69) is 4.72 Å². The van der Waals surface area contributed by atoms with E-state index in [9.17, 15) is 17.4 Å². The van der Waals surface area contributed by atoms with Crippen LogP contribution in [0.3, 0.4) is 0 Å². The average Bonchev–Trinajstić information content (AvgIpc) is 3.07. The predicted octanol–water partition coefficient (Wildman–Crippen LogP) is 3.92. The molecule has 0 saturated heterocycles. The Morgan fingerprint density at radius 3 is 2.43 bits per heavy atom. The predicted molar refractivity (Wildman–Crippen MR) is 76.1 cm³/mol. The van der Waals surface area contributed by atoms with Gasteiger partial charge in [-0.25, -0.2) is 8.93 Å². The molecule has 0 amide bonds. The summed E-state index contributed by atoms with van der Waals surface area (Å²) in [7, 11) is -1.22. The number of nitrogens with one attached hydrogen (secondary N) is 1. The molecule has 21 heavy (non-hydrogen) atoms. The molecule has 0 aliphatic heterocycles. The fourth-order valence-electron chi connectivity index (χ4n) is 2.97. The quantitative estimate of drug-likeness (QED) is 0.880. The standard InChI is InChI=1S/C15H18F3NOS/c1-14(2,3)21(20)19-13-9-5-4-8(15(16,17)18)6-10(9)11-7-12(11)13/h4-6,11-13,19H,7H2,1-3H3/t11-,12-,13-,21+/m0/s1. The maximum Gasteiger partial charge on any atom is 0.416 e. The Hall–Kier alpha value is -0.880. The van der Waals surface area contributed by atoms with E-state index >= 15 is 0 Å². The molecule has 6 heteroatoms. The fourth-order valence-corrected chi connectivity index (χ4v) is 3.86. The lowest BCUT2D eigenvalue weighted by Crippen LogP contribution is -2.36. The molecule has 0 unspecified atom stereocenters. The molecule has 1 aromatic carbocycles. The zero-order valence-electron chi connectivity index (χ0n) is 12.1. The van der Waals surface area contributed by atoms with Crippen LogP contribution >= 0.6 is 0 Å². The first-order chi connectivity index (χ1) is 9.59. The van der Waals surface area contributed by atoms with Crippen molar-refractivity contribution in [2.75, 3.05) is 0 Å². The van der Waals surface area contributed by atoms with E-state index in [4.69, 9.17) is 0 Å². The Balaban J connectivity index is 1.89. The van der Waals surface area contributed by atoms with E-state index in [0.717, 1.165) is 23.6 Å². The SMILES string of the molecule is CC(C)(C)[S@@](=O)N[C@H]1c2ccc(C(F)(F)F)cc2[C@@H]2C[C@@H]21. The zero-order chi connectivity index (χ0) is 15.6. The lowest BCUT2D eigenvalue weighted by atomic mass is 10.0. The number of hydrogen-bond donors (Lipinski definition) is 1. The summed E-state index contributed by atoms with van der Waals surface area (Å²) in [6, 6.07) is 3.84. The summed E-state index contributed by atoms with van der Waals surface area (Å²) < 4.78 is 53.4. The minimum atomic E-state index is -4.31. The molecule has 0 radical (unpaired) electrons. The Morgan fingerprint density at radius 1 is 1.19 bits per heavy atom. The van der Waals surface area contributed by atoms with Gasteiger partial charge in [-0.2, -0.15) is 13.2 Å². The van der Waals surface area contributed by atoms with Gasteiger partial charge in [-0.05, 0) is 62.3 Å². The summed E-state index contributed by atoms with van der Waals surface area (Å²) in [5.41, 5.74) is 1.06. The minimum Gasteiger partial charge on any atom is -0.242 e. The van der Waals surface area contributed by atoms with Crippen LogP contribution in [0.25, 0.3) is 0 Å². The number of halogens is 3. The van der Waals surface area contributed by atoms with Crippen molar-refractivity contribution in [1.29, 1.82) is 0 Å². The highest BCUT2D eigenvalue weighted by atomic mass is 32.2. The molecular weight excluding hydrogens is 299 g/mol. The first-order valence-corrected chi connectivity index (χ1v) is 8.13. The maximum atomic E-state index is 12.8. The molecule has 0 heterocycles. The number of benzene rings is 1. The molecule has 4 atom stereocenters. The maximum absolute atomic E-state index is 12.8. The van der Waals surface area contributed by atoms with Gasteiger partial charge in [-0.1, -0.05) is 6.07 Å². The summed E-state index contributed by atoms with van der Waals surface area (Å²) in [6.45, 7) is 5.63. The zero-order valence-corrected chi connectivity index (χ0v) is 12.9. The Labute approximate surface area is 124 Å². The largest absolute Gasteiger partial charge is 0.416 e. The second-order valence-corrected chi connectivity index (χ2v) is 8.82. The van der Waals surface area contributed by atoms with Gasteiger partial charge in [0.25, 0.3) is 0 Å². The lowest BCUT2D eigenvalue weighted by Gasteiger charge is -2.23. The number of fused-ring (bicyclic) bond motifs is 3. The van der Waals surface area contributed by atoms with Gasteiger partial charge >= 0.3 is 6.18 Å². The molecule has 2 nitrogen and oxygen atoms in total. The van der Waals surface area contributed by atoms with E-state index in [0.29, 0.717) is 0 Å². The number of hydrogen-bond acceptors (Lipinski definition) is 1. The highest BCUT2D eigenvalue weighted by Gasteiger charge is 2.53. The van der Waals surface area contributed by atoms with Gasteiger partial charge in [0.15, 0.2) is 0 Å². The molecule has 2 aliphatic rings. The molecule has 0 aromatic heterocycles. The van der Waals surface area contributed by atoms with Crippen LogP contribution in [0.15, 0.2) is 18.2 Å². The van der Waals surface area contributed by atoms with Crippen LogP contribution in [0.1, 0.15) is 55.8 Å². The molecule has 1 aromatic rings. The van der Waals surface area contributed by atoms with Crippen molar-refractivity contribution in [3.05, 3.63) is 34.9 Å². The van der Waals surface area contributed by atoms with Gasteiger partial charge in [0.05, 0.1) is 21.3 Å². The van der Waals surface area contributed by atoms with Gasteiger partial charge in [-0.3, -0.25) is 0 Å². The average molecular weight is 317 g/mol. The summed E-state index contributed by atoms with van der Waals surface area (Å²) in [4.78, 5) is 0. The third-order valence-electron chi connectivity index (χ3n) is 4.21. The van der Waals surface area contributed by atoms with Crippen molar-refractivity contribution in [2.45, 2.75) is 50.1 Å². The first kappa shape index (κ1) is 15.0. The first-order valence-electron chi connectivity index (χ1n) is 6.98. The van der Waals surface area contributed by atoms with Gasteiger partial charge in [0.1, 0.15) is 0 Å². The molecule has 1 N–H and O–H groups in total. The summed E-state index contributed by atoms with van der Waals surface area (Å²) in [5.74, 6) is 0.478. The van der Waals surface area contributed by atoms with Gasteiger partial charge in [0, 0.05) is 6.04 Å². The molecule has 116 valence electrons. The van der Waals surface area contributed by atoms with Gasteiger partial charge in [0.2, 0.25) is 0 Å². The van der Waals surface area contributed by atoms with Crippen LogP contribution in [-0.2, 0) is 17.2 Å². The van der Waals surface area contributed by atoms with Crippen LogP contribution < -0.4 is 4.72 Å². The van der Waals surface area contributed by atoms with Crippen molar-refractivity contribution in [3.8, 4) is 0 Å².